The Kier molecular flexibility index (Phi) is 4.56. The van der Waals surface area contributed by atoms with E-state index in [0.717, 1.165) is 23.0 Å². The minimum Gasteiger partial charge on any atom is -0.345 e. The van der Waals surface area contributed by atoms with Gasteiger partial charge in [0, 0.05) is 31.9 Å². The predicted octanol–water partition coefficient (Wildman–Crippen LogP) is 3.31. The van der Waals surface area contributed by atoms with Crippen molar-refractivity contribution in [2.24, 2.45) is 11.8 Å². The largest absolute Gasteiger partial charge is 0.345 e. The first-order valence-electron chi connectivity index (χ1n) is 8.50. The average molecular weight is 324 g/mol. The first kappa shape index (κ1) is 16.5. The van der Waals surface area contributed by atoms with Gasteiger partial charge in [0.1, 0.15) is 0 Å². The normalized spacial score (nSPS) is 17.8. The summed E-state index contributed by atoms with van der Waals surface area (Å²) in [7, 11) is 1.83. The monoisotopic (exact) mass is 324 g/mol. The van der Waals surface area contributed by atoms with Crippen molar-refractivity contribution in [2.75, 3.05) is 25.0 Å². The van der Waals surface area contributed by atoms with Crippen LogP contribution >= 0.6 is 0 Å². The molecule has 1 atom stereocenters. The summed E-state index contributed by atoms with van der Waals surface area (Å²) < 4.78 is 0. The van der Waals surface area contributed by atoms with Crippen molar-refractivity contribution in [1.29, 1.82) is 0 Å². The van der Waals surface area contributed by atoms with Crippen LogP contribution in [-0.4, -0.2) is 36.9 Å². The van der Waals surface area contributed by atoms with Crippen LogP contribution in [0, 0.1) is 11.8 Å². The Morgan fingerprint density at radius 1 is 1.21 bits per heavy atom. The predicted molar refractivity (Wildman–Crippen MR) is 96.9 cm³/mol. The number of benzene rings is 2. The number of anilines is 1. The molecule has 2 aromatic carbocycles. The molecule has 24 heavy (non-hydrogen) atoms. The lowest BCUT2D eigenvalue weighted by molar-refractivity contribution is -0.135. The van der Waals surface area contributed by atoms with Crippen LogP contribution in [0.2, 0.25) is 0 Å². The molecule has 0 spiro atoms. The molecule has 0 saturated carbocycles. The number of rotatable bonds is 4. The van der Waals surface area contributed by atoms with E-state index in [0.29, 0.717) is 18.9 Å². The third-order valence-electron chi connectivity index (χ3n) is 4.55. The number of carbonyl (C=O) groups excluding carboxylic acids is 2. The molecule has 0 aliphatic carbocycles. The van der Waals surface area contributed by atoms with Crippen LogP contribution in [0.25, 0.3) is 10.8 Å². The zero-order chi connectivity index (χ0) is 17.3. The van der Waals surface area contributed by atoms with Gasteiger partial charge >= 0.3 is 0 Å². The molecule has 1 fully saturated rings. The van der Waals surface area contributed by atoms with Gasteiger partial charge < -0.3 is 9.80 Å². The summed E-state index contributed by atoms with van der Waals surface area (Å²) in [5.74, 6) is 0.271. The van der Waals surface area contributed by atoms with Crippen molar-refractivity contribution in [3.63, 3.8) is 0 Å². The molecule has 1 aliphatic rings. The topological polar surface area (TPSA) is 40.6 Å². The average Bonchev–Trinajstić information content (AvgIpc) is 2.94. The summed E-state index contributed by atoms with van der Waals surface area (Å²) in [4.78, 5) is 28.7. The molecule has 4 nitrogen and oxygen atoms in total. The smallest absolute Gasteiger partial charge is 0.227 e. The highest BCUT2D eigenvalue weighted by molar-refractivity contribution is 6.06. The number of amides is 2. The third kappa shape index (κ3) is 3.14. The van der Waals surface area contributed by atoms with Crippen molar-refractivity contribution in [3.05, 3.63) is 42.5 Å². The number of fused-ring (bicyclic) bond motifs is 1. The molecule has 0 unspecified atom stereocenters. The lowest BCUT2D eigenvalue weighted by Crippen LogP contribution is -2.36. The molecular formula is C20H24N2O2. The second-order valence-electron chi connectivity index (χ2n) is 7.02. The maximum absolute atomic E-state index is 12.6. The van der Waals surface area contributed by atoms with Crippen molar-refractivity contribution in [1.82, 2.24) is 4.90 Å². The van der Waals surface area contributed by atoms with Crippen molar-refractivity contribution >= 4 is 28.3 Å². The molecule has 1 aliphatic heterocycles. The van der Waals surface area contributed by atoms with Crippen molar-refractivity contribution < 1.29 is 9.59 Å². The number of nitrogens with zero attached hydrogens (tertiary/aromatic N) is 2. The Morgan fingerprint density at radius 3 is 2.67 bits per heavy atom. The van der Waals surface area contributed by atoms with Gasteiger partial charge in [0.2, 0.25) is 11.8 Å². The van der Waals surface area contributed by atoms with Crippen LogP contribution in [0.5, 0.6) is 0 Å². The highest BCUT2D eigenvalue weighted by Gasteiger charge is 2.36. The quantitative estimate of drug-likeness (QED) is 0.866. The van der Waals surface area contributed by atoms with E-state index in [4.69, 9.17) is 0 Å². The minimum absolute atomic E-state index is 0.0302. The maximum Gasteiger partial charge on any atom is 0.227 e. The summed E-state index contributed by atoms with van der Waals surface area (Å²) in [6.45, 7) is 5.36. The van der Waals surface area contributed by atoms with E-state index >= 15 is 0 Å². The minimum atomic E-state index is -0.250. The van der Waals surface area contributed by atoms with Crippen LogP contribution in [0.3, 0.4) is 0 Å². The zero-order valence-corrected chi connectivity index (χ0v) is 14.5. The fourth-order valence-corrected chi connectivity index (χ4v) is 3.50. The molecule has 0 N–H and O–H groups in total. The van der Waals surface area contributed by atoms with Gasteiger partial charge in [-0.3, -0.25) is 9.59 Å². The summed E-state index contributed by atoms with van der Waals surface area (Å²) in [5.41, 5.74) is 0.903. The number of hydrogen-bond acceptors (Lipinski definition) is 2. The van der Waals surface area contributed by atoms with Crippen LogP contribution in [-0.2, 0) is 9.59 Å². The Morgan fingerprint density at radius 2 is 1.92 bits per heavy atom. The van der Waals surface area contributed by atoms with Crippen LogP contribution in [0.4, 0.5) is 5.69 Å². The van der Waals surface area contributed by atoms with Gasteiger partial charge in [-0.15, -0.1) is 0 Å². The maximum atomic E-state index is 12.6. The molecule has 0 aromatic heterocycles. The van der Waals surface area contributed by atoms with E-state index in [2.05, 4.69) is 13.8 Å². The number of hydrogen-bond donors (Lipinski definition) is 0. The molecule has 2 amide bonds. The van der Waals surface area contributed by atoms with Gasteiger partial charge in [-0.2, -0.15) is 0 Å². The van der Waals surface area contributed by atoms with E-state index < -0.39 is 0 Å². The first-order chi connectivity index (χ1) is 11.5. The SMILES string of the molecule is CC(C)CN(C)C(=O)[C@@H]1CC(=O)N(c2cccc3ccccc23)C1. The lowest BCUT2D eigenvalue weighted by atomic mass is 10.1. The van der Waals surface area contributed by atoms with Crippen LogP contribution in [0.1, 0.15) is 20.3 Å². The van der Waals surface area contributed by atoms with E-state index in [-0.39, 0.29) is 17.7 Å². The van der Waals surface area contributed by atoms with Gasteiger partial charge in [-0.05, 0) is 17.4 Å². The summed E-state index contributed by atoms with van der Waals surface area (Å²) in [5, 5.41) is 2.16. The molecular weight excluding hydrogens is 300 g/mol. The van der Waals surface area contributed by atoms with Gasteiger partial charge in [0.15, 0.2) is 0 Å². The van der Waals surface area contributed by atoms with Crippen molar-refractivity contribution in [3.8, 4) is 0 Å². The lowest BCUT2D eigenvalue weighted by Gasteiger charge is -2.23. The molecule has 2 aromatic rings. The standard InChI is InChI=1S/C20H24N2O2/c1-14(2)12-21(3)20(24)16-11-19(23)22(13-16)18-10-6-8-15-7-4-5-9-17(15)18/h4-10,14,16H,11-13H2,1-3H3/t16-/m1/s1. The summed E-state index contributed by atoms with van der Waals surface area (Å²) in [6.07, 6.45) is 0.296. The first-order valence-corrected chi connectivity index (χ1v) is 8.50. The number of carbonyl (C=O) groups is 2. The summed E-state index contributed by atoms with van der Waals surface area (Å²) in [6, 6.07) is 14.0. The molecule has 1 saturated heterocycles. The molecule has 0 radical (unpaired) electrons. The van der Waals surface area contributed by atoms with Gasteiger partial charge in [0.05, 0.1) is 11.6 Å². The van der Waals surface area contributed by atoms with Crippen LogP contribution < -0.4 is 4.90 Å². The van der Waals surface area contributed by atoms with E-state index in [1.54, 1.807) is 9.80 Å². The molecule has 4 heteroatoms. The van der Waals surface area contributed by atoms with E-state index in [9.17, 15) is 9.59 Å². The Hall–Kier alpha value is -2.36. The van der Waals surface area contributed by atoms with Crippen LogP contribution in [0.15, 0.2) is 42.5 Å². The van der Waals surface area contributed by atoms with E-state index in [1.807, 2.05) is 49.5 Å². The third-order valence-corrected chi connectivity index (χ3v) is 4.55. The molecule has 1 heterocycles. The van der Waals surface area contributed by atoms with Gasteiger partial charge in [-0.1, -0.05) is 50.2 Å². The fourth-order valence-electron chi connectivity index (χ4n) is 3.50. The molecule has 0 bridgehead atoms. The Bertz CT molecular complexity index is 764. The fraction of sp³-hybridized carbons (Fsp3) is 0.400. The highest BCUT2D eigenvalue weighted by atomic mass is 16.2. The zero-order valence-electron chi connectivity index (χ0n) is 14.5. The van der Waals surface area contributed by atoms with Gasteiger partial charge in [-0.25, -0.2) is 0 Å². The second kappa shape index (κ2) is 6.63. The highest BCUT2D eigenvalue weighted by Crippen LogP contribution is 2.32. The Balaban J connectivity index is 1.83. The second-order valence-corrected chi connectivity index (χ2v) is 7.02. The Labute approximate surface area is 143 Å². The summed E-state index contributed by atoms with van der Waals surface area (Å²) >= 11 is 0. The molecule has 126 valence electrons. The van der Waals surface area contributed by atoms with Gasteiger partial charge in [0.25, 0.3) is 0 Å². The van der Waals surface area contributed by atoms with E-state index in [1.165, 1.54) is 0 Å². The molecule has 3 rings (SSSR count). The van der Waals surface area contributed by atoms with Crippen molar-refractivity contribution in [2.45, 2.75) is 20.3 Å².